The summed E-state index contributed by atoms with van der Waals surface area (Å²) in [5, 5.41) is 0. The molecule has 2 N–H and O–H groups in total. The van der Waals surface area contributed by atoms with Crippen LogP contribution < -0.4 is 10.6 Å². The molecule has 0 aromatic heterocycles. The first-order chi connectivity index (χ1) is 10.1. The van der Waals surface area contributed by atoms with Crippen LogP contribution in [-0.2, 0) is 13.0 Å². The van der Waals surface area contributed by atoms with E-state index >= 15 is 0 Å². The normalized spacial score (nSPS) is 10.9. The van der Waals surface area contributed by atoms with Gasteiger partial charge in [0.05, 0.1) is 0 Å². The summed E-state index contributed by atoms with van der Waals surface area (Å²) in [6.45, 7) is 6.05. The van der Waals surface area contributed by atoms with Gasteiger partial charge in [-0.1, -0.05) is 52.3 Å². The highest BCUT2D eigenvalue weighted by Gasteiger charge is 2.12. The molecule has 112 valence electrons. The van der Waals surface area contributed by atoms with Crippen molar-refractivity contribution in [2.75, 3.05) is 11.4 Å². The standard InChI is InChI=1S/C18H23BrN2/c1-14(2)21(13-15-6-4-3-5-7-15)17-9-8-16(10-11-20)18(19)12-17/h3-9,12,14H,10-11,13,20H2,1-2H3. The molecule has 0 saturated carbocycles. The lowest BCUT2D eigenvalue weighted by Crippen LogP contribution is -2.30. The molecular formula is C18H23BrN2. The molecule has 0 aliphatic rings. The van der Waals surface area contributed by atoms with E-state index in [0.717, 1.165) is 17.4 Å². The van der Waals surface area contributed by atoms with Gasteiger partial charge in [0.15, 0.2) is 0 Å². The quantitative estimate of drug-likeness (QED) is 0.841. The van der Waals surface area contributed by atoms with E-state index in [1.165, 1.54) is 16.8 Å². The third-order valence-electron chi connectivity index (χ3n) is 3.60. The fourth-order valence-corrected chi connectivity index (χ4v) is 2.99. The zero-order chi connectivity index (χ0) is 15.2. The number of hydrogen-bond acceptors (Lipinski definition) is 2. The van der Waals surface area contributed by atoms with E-state index < -0.39 is 0 Å². The van der Waals surface area contributed by atoms with E-state index in [0.29, 0.717) is 12.6 Å². The molecule has 0 saturated heterocycles. The summed E-state index contributed by atoms with van der Waals surface area (Å²) in [4.78, 5) is 2.41. The Hall–Kier alpha value is -1.32. The lowest BCUT2D eigenvalue weighted by Gasteiger charge is -2.29. The van der Waals surface area contributed by atoms with Crippen LogP contribution in [0.3, 0.4) is 0 Å². The lowest BCUT2D eigenvalue weighted by molar-refractivity contribution is 0.682. The molecule has 3 heteroatoms. The second kappa shape index (κ2) is 7.62. The molecule has 2 aromatic rings. The summed E-state index contributed by atoms with van der Waals surface area (Å²) >= 11 is 3.67. The lowest BCUT2D eigenvalue weighted by atomic mass is 10.1. The average molecular weight is 347 g/mol. The van der Waals surface area contributed by atoms with Gasteiger partial charge >= 0.3 is 0 Å². The van der Waals surface area contributed by atoms with Crippen molar-refractivity contribution in [3.8, 4) is 0 Å². The Balaban J connectivity index is 2.24. The minimum absolute atomic E-state index is 0.442. The Morgan fingerprint density at radius 3 is 2.38 bits per heavy atom. The van der Waals surface area contributed by atoms with Crippen molar-refractivity contribution in [1.82, 2.24) is 0 Å². The van der Waals surface area contributed by atoms with Crippen molar-refractivity contribution < 1.29 is 0 Å². The molecule has 0 atom stereocenters. The summed E-state index contributed by atoms with van der Waals surface area (Å²) in [5.74, 6) is 0. The Labute approximate surface area is 136 Å². The number of halogens is 1. The van der Waals surface area contributed by atoms with Crippen LogP contribution in [0.1, 0.15) is 25.0 Å². The molecule has 0 bridgehead atoms. The number of benzene rings is 2. The maximum Gasteiger partial charge on any atom is 0.0432 e. The number of nitrogens with zero attached hydrogens (tertiary/aromatic N) is 1. The number of rotatable bonds is 6. The van der Waals surface area contributed by atoms with E-state index in [2.05, 4.69) is 83.2 Å². The summed E-state index contributed by atoms with van der Waals surface area (Å²) in [7, 11) is 0. The van der Waals surface area contributed by atoms with Crippen molar-refractivity contribution in [2.45, 2.75) is 32.9 Å². The topological polar surface area (TPSA) is 29.3 Å². The molecule has 0 amide bonds. The van der Waals surface area contributed by atoms with Crippen molar-refractivity contribution in [2.24, 2.45) is 5.73 Å². The Kier molecular flexibility index (Phi) is 5.83. The minimum atomic E-state index is 0.442. The van der Waals surface area contributed by atoms with Crippen molar-refractivity contribution in [3.05, 3.63) is 64.1 Å². The zero-order valence-corrected chi connectivity index (χ0v) is 14.3. The van der Waals surface area contributed by atoms with E-state index in [9.17, 15) is 0 Å². The highest BCUT2D eigenvalue weighted by molar-refractivity contribution is 9.10. The minimum Gasteiger partial charge on any atom is -0.365 e. The molecule has 0 aliphatic carbocycles. The first-order valence-corrected chi connectivity index (χ1v) is 8.20. The number of hydrogen-bond donors (Lipinski definition) is 1. The van der Waals surface area contributed by atoms with Gasteiger partial charge in [0.1, 0.15) is 0 Å². The molecule has 0 radical (unpaired) electrons. The van der Waals surface area contributed by atoms with Crippen LogP contribution in [0.15, 0.2) is 53.0 Å². The first-order valence-electron chi connectivity index (χ1n) is 7.41. The van der Waals surface area contributed by atoms with Gasteiger partial charge in [0.2, 0.25) is 0 Å². The van der Waals surface area contributed by atoms with Crippen LogP contribution in [0.4, 0.5) is 5.69 Å². The van der Waals surface area contributed by atoms with Gasteiger partial charge in [-0.3, -0.25) is 0 Å². The highest BCUT2D eigenvalue weighted by Crippen LogP contribution is 2.27. The van der Waals surface area contributed by atoms with Crippen LogP contribution in [-0.4, -0.2) is 12.6 Å². The predicted octanol–water partition coefficient (Wildman–Crippen LogP) is 4.37. The molecule has 0 spiro atoms. The maximum atomic E-state index is 5.65. The SMILES string of the molecule is CC(C)N(Cc1ccccc1)c1ccc(CCN)c(Br)c1. The van der Waals surface area contributed by atoms with Crippen LogP contribution in [0.25, 0.3) is 0 Å². The molecule has 0 aliphatic heterocycles. The fourth-order valence-electron chi connectivity index (χ4n) is 2.43. The van der Waals surface area contributed by atoms with Crippen LogP contribution in [0.5, 0.6) is 0 Å². The van der Waals surface area contributed by atoms with E-state index in [-0.39, 0.29) is 0 Å². The molecule has 2 nitrogen and oxygen atoms in total. The van der Waals surface area contributed by atoms with Crippen molar-refractivity contribution >= 4 is 21.6 Å². The number of nitrogens with two attached hydrogens (primary N) is 1. The third kappa shape index (κ3) is 4.32. The predicted molar refractivity (Wildman–Crippen MR) is 94.7 cm³/mol. The van der Waals surface area contributed by atoms with Gasteiger partial charge in [0.25, 0.3) is 0 Å². The molecule has 0 fully saturated rings. The zero-order valence-electron chi connectivity index (χ0n) is 12.7. The summed E-state index contributed by atoms with van der Waals surface area (Å²) in [6.07, 6.45) is 0.904. The monoisotopic (exact) mass is 346 g/mol. The smallest absolute Gasteiger partial charge is 0.0432 e. The summed E-state index contributed by atoms with van der Waals surface area (Å²) in [5.41, 5.74) is 9.48. The van der Waals surface area contributed by atoms with Crippen LogP contribution in [0.2, 0.25) is 0 Å². The van der Waals surface area contributed by atoms with E-state index in [4.69, 9.17) is 5.73 Å². The highest BCUT2D eigenvalue weighted by atomic mass is 79.9. The molecule has 2 rings (SSSR count). The van der Waals surface area contributed by atoms with Gasteiger partial charge in [-0.15, -0.1) is 0 Å². The van der Waals surface area contributed by atoms with Crippen molar-refractivity contribution in [3.63, 3.8) is 0 Å². The van der Waals surface area contributed by atoms with Gasteiger partial charge in [-0.05, 0) is 50.1 Å². The molecular weight excluding hydrogens is 324 g/mol. The van der Waals surface area contributed by atoms with Gasteiger partial charge in [-0.2, -0.15) is 0 Å². The second-order valence-electron chi connectivity index (χ2n) is 5.52. The Morgan fingerprint density at radius 1 is 1.10 bits per heavy atom. The van der Waals surface area contributed by atoms with Gasteiger partial charge in [-0.25, -0.2) is 0 Å². The third-order valence-corrected chi connectivity index (χ3v) is 4.34. The Morgan fingerprint density at radius 2 is 1.81 bits per heavy atom. The molecule has 0 unspecified atom stereocenters. The van der Waals surface area contributed by atoms with Gasteiger partial charge in [0, 0.05) is 22.7 Å². The van der Waals surface area contributed by atoms with E-state index in [1.54, 1.807) is 0 Å². The Bertz CT molecular complexity index is 567. The van der Waals surface area contributed by atoms with E-state index in [1.807, 2.05) is 0 Å². The summed E-state index contributed by atoms with van der Waals surface area (Å²) in [6, 6.07) is 17.6. The summed E-state index contributed by atoms with van der Waals surface area (Å²) < 4.78 is 1.14. The molecule has 0 heterocycles. The second-order valence-corrected chi connectivity index (χ2v) is 6.38. The maximum absolute atomic E-state index is 5.65. The fraction of sp³-hybridized carbons (Fsp3) is 0.333. The molecule has 2 aromatic carbocycles. The van der Waals surface area contributed by atoms with Crippen LogP contribution >= 0.6 is 15.9 Å². The first kappa shape index (κ1) is 16.1. The average Bonchev–Trinajstić information content (AvgIpc) is 2.48. The van der Waals surface area contributed by atoms with Gasteiger partial charge < -0.3 is 10.6 Å². The molecule has 21 heavy (non-hydrogen) atoms. The van der Waals surface area contributed by atoms with Crippen molar-refractivity contribution in [1.29, 1.82) is 0 Å². The number of anilines is 1. The largest absolute Gasteiger partial charge is 0.365 e. The van der Waals surface area contributed by atoms with Crippen LogP contribution in [0, 0.1) is 0 Å².